The van der Waals surface area contributed by atoms with E-state index in [1.54, 1.807) is 26.0 Å². The van der Waals surface area contributed by atoms with Gasteiger partial charge in [-0.1, -0.05) is 19.1 Å². The van der Waals surface area contributed by atoms with Gasteiger partial charge >= 0.3 is 0 Å². The molecule has 2 aromatic carbocycles. The van der Waals surface area contributed by atoms with Crippen LogP contribution in [-0.4, -0.2) is 22.0 Å². The van der Waals surface area contributed by atoms with Gasteiger partial charge in [0.25, 0.3) is 11.8 Å². The van der Waals surface area contributed by atoms with E-state index in [1.807, 2.05) is 31.2 Å². The van der Waals surface area contributed by atoms with Crippen LogP contribution in [0.3, 0.4) is 0 Å². The van der Waals surface area contributed by atoms with Crippen molar-refractivity contribution < 1.29 is 14.7 Å². The molecule has 1 fully saturated rings. The van der Waals surface area contributed by atoms with Crippen LogP contribution in [0, 0.1) is 13.8 Å². The first-order valence-corrected chi connectivity index (χ1v) is 9.03. The highest BCUT2D eigenvalue weighted by Crippen LogP contribution is 2.26. The molecule has 0 saturated carbocycles. The van der Waals surface area contributed by atoms with Gasteiger partial charge in [-0.3, -0.25) is 19.8 Å². The van der Waals surface area contributed by atoms with E-state index in [9.17, 15) is 14.7 Å². The summed E-state index contributed by atoms with van der Waals surface area (Å²) in [7, 11) is 0. The first kappa shape index (κ1) is 18.8. The van der Waals surface area contributed by atoms with Crippen LogP contribution in [0.1, 0.15) is 29.2 Å². The molecule has 138 valence electrons. The van der Waals surface area contributed by atoms with Crippen molar-refractivity contribution in [1.29, 1.82) is 0 Å². The van der Waals surface area contributed by atoms with Crippen LogP contribution in [0.15, 0.2) is 42.0 Å². The molecule has 0 spiro atoms. The number of aromatic hydroxyl groups is 1. The van der Waals surface area contributed by atoms with E-state index in [1.165, 1.54) is 11.0 Å². The van der Waals surface area contributed by atoms with Gasteiger partial charge in [0.1, 0.15) is 11.3 Å². The molecule has 2 amide bonds. The maximum absolute atomic E-state index is 13.0. The normalized spacial score (nSPS) is 16.0. The monoisotopic (exact) mass is 380 g/mol. The van der Waals surface area contributed by atoms with Gasteiger partial charge in [0.2, 0.25) is 0 Å². The molecule has 1 heterocycles. The van der Waals surface area contributed by atoms with E-state index < -0.39 is 11.8 Å². The molecule has 5 nitrogen and oxygen atoms in total. The molecule has 1 aliphatic heterocycles. The third-order valence-electron chi connectivity index (χ3n) is 4.53. The second-order valence-electron chi connectivity index (χ2n) is 6.48. The number of phenols is 1. The fraction of sp³-hybridized carbons (Fsp3) is 0.190. The molecule has 2 N–H and O–H groups in total. The lowest BCUT2D eigenvalue weighted by Crippen LogP contribution is -2.54. The lowest BCUT2D eigenvalue weighted by molar-refractivity contribution is -0.122. The van der Waals surface area contributed by atoms with Crippen LogP contribution in [0.25, 0.3) is 6.08 Å². The minimum Gasteiger partial charge on any atom is -0.507 e. The summed E-state index contributed by atoms with van der Waals surface area (Å²) < 4.78 is 0. The number of aryl methyl sites for hydroxylation is 3. The van der Waals surface area contributed by atoms with Gasteiger partial charge in [-0.25, -0.2) is 0 Å². The van der Waals surface area contributed by atoms with Gasteiger partial charge < -0.3 is 5.11 Å². The molecular formula is C21H20N2O3S. The Hall–Kier alpha value is -2.99. The third-order valence-corrected chi connectivity index (χ3v) is 4.81. The quantitative estimate of drug-likeness (QED) is 0.486. The smallest absolute Gasteiger partial charge is 0.270 e. The van der Waals surface area contributed by atoms with Crippen molar-refractivity contribution >= 4 is 40.9 Å². The van der Waals surface area contributed by atoms with Crippen molar-refractivity contribution in [2.24, 2.45) is 0 Å². The lowest BCUT2D eigenvalue weighted by Gasteiger charge is -2.29. The van der Waals surface area contributed by atoms with E-state index in [0.717, 1.165) is 12.0 Å². The molecular weight excluding hydrogens is 360 g/mol. The molecule has 1 saturated heterocycles. The number of rotatable bonds is 3. The molecule has 0 atom stereocenters. The van der Waals surface area contributed by atoms with Crippen molar-refractivity contribution in [2.75, 3.05) is 4.90 Å². The fourth-order valence-electron chi connectivity index (χ4n) is 3.01. The third kappa shape index (κ3) is 3.61. The Balaban J connectivity index is 2.01. The van der Waals surface area contributed by atoms with E-state index in [2.05, 4.69) is 5.32 Å². The first-order valence-electron chi connectivity index (χ1n) is 8.62. The van der Waals surface area contributed by atoms with Gasteiger partial charge in [0.15, 0.2) is 5.11 Å². The number of amides is 2. The first-order chi connectivity index (χ1) is 12.8. The van der Waals surface area contributed by atoms with Gasteiger partial charge in [0, 0.05) is 0 Å². The molecule has 2 aromatic rings. The van der Waals surface area contributed by atoms with Crippen molar-refractivity contribution in [3.05, 3.63) is 64.2 Å². The highest BCUT2D eigenvalue weighted by Gasteiger charge is 2.34. The highest BCUT2D eigenvalue weighted by atomic mass is 32.1. The highest BCUT2D eigenvalue weighted by molar-refractivity contribution is 7.80. The summed E-state index contributed by atoms with van der Waals surface area (Å²) >= 11 is 5.21. The summed E-state index contributed by atoms with van der Waals surface area (Å²) in [6, 6.07) is 10.9. The molecule has 6 heteroatoms. The molecule has 0 aliphatic carbocycles. The number of carbonyl (C=O) groups excluding carboxylic acids is 2. The van der Waals surface area contributed by atoms with Crippen LogP contribution in [0.4, 0.5) is 5.69 Å². The average Bonchev–Trinajstić information content (AvgIpc) is 2.63. The average molecular weight is 380 g/mol. The number of nitrogens with one attached hydrogen (secondary N) is 1. The van der Waals surface area contributed by atoms with Gasteiger partial charge in [-0.2, -0.15) is 0 Å². The summed E-state index contributed by atoms with van der Waals surface area (Å²) in [6.07, 6.45) is 2.41. The van der Waals surface area contributed by atoms with Crippen molar-refractivity contribution in [3.8, 4) is 5.75 Å². The number of nitrogens with zero attached hydrogens (tertiary/aromatic N) is 1. The summed E-state index contributed by atoms with van der Waals surface area (Å²) in [6.45, 7) is 5.59. The second-order valence-corrected chi connectivity index (χ2v) is 6.87. The number of thiocarbonyl (C=S) groups is 1. The maximum Gasteiger partial charge on any atom is 0.270 e. The van der Waals surface area contributed by atoms with Crippen molar-refractivity contribution in [3.63, 3.8) is 0 Å². The molecule has 0 radical (unpaired) electrons. The zero-order valence-electron chi connectivity index (χ0n) is 15.4. The van der Waals surface area contributed by atoms with Gasteiger partial charge in [-0.15, -0.1) is 0 Å². The van der Waals surface area contributed by atoms with E-state index in [-0.39, 0.29) is 16.4 Å². The Morgan fingerprint density at radius 3 is 2.26 bits per heavy atom. The summed E-state index contributed by atoms with van der Waals surface area (Å²) in [5.41, 5.74) is 3.75. The van der Waals surface area contributed by atoms with Gasteiger partial charge in [0.05, 0.1) is 5.69 Å². The molecule has 0 bridgehead atoms. The zero-order chi connectivity index (χ0) is 19.7. The van der Waals surface area contributed by atoms with Crippen molar-refractivity contribution in [1.82, 2.24) is 5.32 Å². The predicted molar refractivity (Wildman–Crippen MR) is 110 cm³/mol. The summed E-state index contributed by atoms with van der Waals surface area (Å²) in [5, 5.41) is 12.6. The molecule has 3 rings (SSSR count). The number of anilines is 1. The molecule has 27 heavy (non-hydrogen) atoms. The number of hydrogen-bond donors (Lipinski definition) is 2. The van der Waals surface area contributed by atoms with E-state index >= 15 is 0 Å². The minimum atomic E-state index is -0.533. The minimum absolute atomic E-state index is 0.00680. The Morgan fingerprint density at radius 2 is 1.70 bits per heavy atom. The fourth-order valence-corrected chi connectivity index (χ4v) is 3.29. The van der Waals surface area contributed by atoms with Crippen LogP contribution >= 0.6 is 12.2 Å². The topological polar surface area (TPSA) is 69.6 Å². The Labute approximate surface area is 163 Å². The predicted octanol–water partition coefficient (Wildman–Crippen LogP) is 3.40. The number of hydrogen-bond acceptors (Lipinski definition) is 4. The molecule has 0 unspecified atom stereocenters. The number of benzene rings is 2. The largest absolute Gasteiger partial charge is 0.507 e. The standard InChI is InChI=1S/C21H20N2O3S/c1-4-14-5-7-16(8-6-14)23-20(26)17(19(25)22-21(23)27)11-15-9-12(2)18(24)13(3)10-15/h5-11,24H,4H2,1-3H3,(H,22,25,27)/b17-11+. The summed E-state index contributed by atoms with van der Waals surface area (Å²) in [4.78, 5) is 26.7. The van der Waals surface area contributed by atoms with Crippen LogP contribution in [0.5, 0.6) is 5.75 Å². The lowest BCUT2D eigenvalue weighted by atomic mass is 10.0. The second kappa shape index (κ2) is 7.32. The van der Waals surface area contributed by atoms with E-state index in [4.69, 9.17) is 12.2 Å². The Bertz CT molecular complexity index is 954. The zero-order valence-corrected chi connectivity index (χ0v) is 16.2. The van der Waals surface area contributed by atoms with Crippen LogP contribution in [0.2, 0.25) is 0 Å². The summed E-state index contributed by atoms with van der Waals surface area (Å²) in [5.74, 6) is -0.804. The van der Waals surface area contributed by atoms with Crippen LogP contribution < -0.4 is 10.2 Å². The van der Waals surface area contributed by atoms with Crippen LogP contribution in [-0.2, 0) is 16.0 Å². The van der Waals surface area contributed by atoms with Crippen molar-refractivity contribution in [2.45, 2.75) is 27.2 Å². The van der Waals surface area contributed by atoms with Gasteiger partial charge in [-0.05, 0) is 85.1 Å². The molecule has 1 aliphatic rings. The van der Waals surface area contributed by atoms with E-state index in [0.29, 0.717) is 22.4 Å². The number of carbonyl (C=O) groups is 2. The SMILES string of the molecule is CCc1ccc(N2C(=O)/C(=C/c3cc(C)c(O)c(C)c3)C(=O)NC2=S)cc1. The number of phenolic OH excluding ortho intramolecular Hbond substituents is 1. The maximum atomic E-state index is 13.0. The Kier molecular flexibility index (Phi) is 5.10. The Morgan fingerprint density at radius 1 is 1.11 bits per heavy atom. The molecule has 0 aromatic heterocycles.